The van der Waals surface area contributed by atoms with Gasteiger partial charge in [0.2, 0.25) is 5.91 Å². The van der Waals surface area contributed by atoms with Gasteiger partial charge >= 0.3 is 0 Å². The molecule has 0 aromatic heterocycles. The Morgan fingerprint density at radius 3 is 3.11 bits per heavy atom. The van der Waals surface area contributed by atoms with E-state index in [0.717, 1.165) is 11.3 Å². The fourth-order valence-electron chi connectivity index (χ4n) is 2.13. The van der Waals surface area contributed by atoms with Gasteiger partial charge in [0.1, 0.15) is 0 Å². The molecule has 1 heterocycles. The van der Waals surface area contributed by atoms with Crippen molar-refractivity contribution in [3.8, 4) is 0 Å². The number of rotatable bonds is 4. The van der Waals surface area contributed by atoms with E-state index in [0.29, 0.717) is 19.5 Å². The monoisotopic (exact) mass is 246 g/mol. The van der Waals surface area contributed by atoms with Crippen molar-refractivity contribution >= 4 is 11.6 Å². The average molecular weight is 246 g/mol. The first-order chi connectivity index (χ1) is 8.74. The van der Waals surface area contributed by atoms with E-state index in [9.17, 15) is 4.79 Å². The van der Waals surface area contributed by atoms with Crippen molar-refractivity contribution in [2.24, 2.45) is 11.0 Å². The zero-order valence-electron chi connectivity index (χ0n) is 9.86. The number of carbonyl (C=O) groups is 1. The van der Waals surface area contributed by atoms with Gasteiger partial charge in [0, 0.05) is 30.1 Å². The lowest BCUT2D eigenvalue weighted by Gasteiger charge is -2.17. The average Bonchev–Trinajstić information content (AvgIpc) is 2.77. The van der Waals surface area contributed by atoms with Gasteiger partial charge in [0.05, 0.1) is 6.61 Å². The van der Waals surface area contributed by atoms with Gasteiger partial charge in [0.25, 0.3) is 0 Å². The van der Waals surface area contributed by atoms with Gasteiger partial charge in [0.15, 0.2) is 0 Å². The number of hydrogen-bond acceptors (Lipinski definition) is 3. The summed E-state index contributed by atoms with van der Waals surface area (Å²) in [7, 11) is 0. The first kappa shape index (κ1) is 12.4. The Hall–Kier alpha value is -2.04. The lowest BCUT2D eigenvalue weighted by atomic mass is 10.1. The minimum Gasteiger partial charge on any atom is -0.392 e. The van der Waals surface area contributed by atoms with Crippen LogP contribution in [-0.2, 0) is 11.4 Å². The second kappa shape index (κ2) is 5.53. The molecule has 1 aliphatic rings. The number of carbonyl (C=O) groups excluding carboxylic acids is 1. The van der Waals surface area contributed by atoms with E-state index in [1.54, 1.807) is 11.0 Å². The molecule has 1 aromatic rings. The maximum Gasteiger partial charge on any atom is 0.227 e. The zero-order valence-corrected chi connectivity index (χ0v) is 9.86. The molecule has 1 aliphatic heterocycles. The molecular formula is C12H14N4O2. The van der Waals surface area contributed by atoms with Crippen molar-refractivity contribution in [3.63, 3.8) is 0 Å². The largest absolute Gasteiger partial charge is 0.392 e. The van der Waals surface area contributed by atoms with Gasteiger partial charge in [-0.05, 0) is 29.1 Å². The molecule has 1 unspecified atom stereocenters. The van der Waals surface area contributed by atoms with Crippen LogP contribution < -0.4 is 4.90 Å². The normalized spacial score (nSPS) is 18.8. The Bertz CT molecular complexity index is 497. The van der Waals surface area contributed by atoms with Crippen LogP contribution in [0.15, 0.2) is 29.4 Å². The number of amides is 1. The van der Waals surface area contributed by atoms with Crippen molar-refractivity contribution in [1.82, 2.24) is 0 Å². The number of aliphatic hydroxyl groups is 1. The molecule has 1 fully saturated rings. The Morgan fingerprint density at radius 2 is 2.39 bits per heavy atom. The Morgan fingerprint density at radius 1 is 1.56 bits per heavy atom. The van der Waals surface area contributed by atoms with Gasteiger partial charge in [-0.25, -0.2) is 0 Å². The summed E-state index contributed by atoms with van der Waals surface area (Å²) in [5, 5.41) is 12.6. The van der Waals surface area contributed by atoms with Crippen molar-refractivity contribution in [2.45, 2.75) is 13.0 Å². The lowest BCUT2D eigenvalue weighted by molar-refractivity contribution is -0.117. The van der Waals surface area contributed by atoms with Crippen LogP contribution in [0, 0.1) is 5.92 Å². The third kappa shape index (κ3) is 2.61. The maximum absolute atomic E-state index is 11.9. The molecule has 94 valence electrons. The highest BCUT2D eigenvalue weighted by molar-refractivity contribution is 5.95. The molecule has 18 heavy (non-hydrogen) atoms. The van der Waals surface area contributed by atoms with Gasteiger partial charge in [-0.1, -0.05) is 17.2 Å². The highest BCUT2D eigenvalue weighted by Gasteiger charge is 2.29. The fourth-order valence-corrected chi connectivity index (χ4v) is 2.13. The van der Waals surface area contributed by atoms with E-state index >= 15 is 0 Å². The molecular weight excluding hydrogens is 232 g/mol. The lowest BCUT2D eigenvalue weighted by Crippen LogP contribution is -2.24. The second-order valence-electron chi connectivity index (χ2n) is 4.32. The number of nitrogens with zero attached hydrogens (tertiary/aromatic N) is 4. The zero-order chi connectivity index (χ0) is 13.0. The molecule has 0 saturated carbocycles. The standard InChI is InChI=1S/C12H14N4O2/c13-15-14-6-10-5-12(18)16(7-10)11-3-1-2-9(4-11)8-17/h1-4,10,17H,5-8H2. The number of aliphatic hydroxyl groups excluding tert-OH is 1. The van der Waals surface area contributed by atoms with E-state index in [1.165, 1.54) is 0 Å². The fraction of sp³-hybridized carbons (Fsp3) is 0.417. The van der Waals surface area contributed by atoms with Crippen LogP contribution in [0.5, 0.6) is 0 Å². The Kier molecular flexibility index (Phi) is 3.82. The molecule has 1 aromatic carbocycles. The predicted molar refractivity (Wildman–Crippen MR) is 66.8 cm³/mol. The molecule has 2 rings (SSSR count). The van der Waals surface area contributed by atoms with Crippen LogP contribution in [0.2, 0.25) is 0 Å². The summed E-state index contributed by atoms with van der Waals surface area (Å²) in [6, 6.07) is 7.26. The minimum absolute atomic E-state index is 0.0308. The highest BCUT2D eigenvalue weighted by atomic mass is 16.3. The van der Waals surface area contributed by atoms with Crippen molar-refractivity contribution in [2.75, 3.05) is 18.0 Å². The first-order valence-electron chi connectivity index (χ1n) is 5.75. The summed E-state index contributed by atoms with van der Waals surface area (Å²) in [6.45, 7) is 0.864. The van der Waals surface area contributed by atoms with Gasteiger partial charge < -0.3 is 10.0 Å². The van der Waals surface area contributed by atoms with Gasteiger partial charge in [-0.15, -0.1) is 0 Å². The van der Waals surface area contributed by atoms with Crippen LogP contribution in [-0.4, -0.2) is 24.1 Å². The summed E-state index contributed by atoms with van der Waals surface area (Å²) in [5.41, 5.74) is 9.84. The Labute approximate surface area is 104 Å². The number of azide groups is 1. The molecule has 6 nitrogen and oxygen atoms in total. The highest BCUT2D eigenvalue weighted by Crippen LogP contribution is 2.26. The van der Waals surface area contributed by atoms with Crippen molar-refractivity contribution in [1.29, 1.82) is 0 Å². The quantitative estimate of drug-likeness (QED) is 0.499. The summed E-state index contributed by atoms with van der Waals surface area (Å²) < 4.78 is 0. The summed E-state index contributed by atoms with van der Waals surface area (Å²) in [4.78, 5) is 16.3. The maximum atomic E-state index is 11.9. The van der Waals surface area contributed by atoms with E-state index in [2.05, 4.69) is 10.0 Å². The van der Waals surface area contributed by atoms with Crippen LogP contribution in [0.3, 0.4) is 0 Å². The molecule has 0 bridgehead atoms. The summed E-state index contributed by atoms with van der Waals surface area (Å²) in [5.74, 6) is 0.106. The van der Waals surface area contributed by atoms with Crippen LogP contribution in [0.1, 0.15) is 12.0 Å². The summed E-state index contributed by atoms with van der Waals surface area (Å²) >= 11 is 0. The first-order valence-corrected chi connectivity index (χ1v) is 5.75. The van der Waals surface area contributed by atoms with E-state index in [4.69, 9.17) is 10.6 Å². The topological polar surface area (TPSA) is 89.3 Å². The number of benzene rings is 1. The van der Waals surface area contributed by atoms with Crippen LogP contribution in [0.25, 0.3) is 10.4 Å². The number of anilines is 1. The van der Waals surface area contributed by atoms with E-state index in [1.807, 2.05) is 18.2 Å². The second-order valence-corrected chi connectivity index (χ2v) is 4.32. The molecule has 1 atom stereocenters. The van der Waals surface area contributed by atoms with Crippen LogP contribution in [0.4, 0.5) is 5.69 Å². The number of hydrogen-bond donors (Lipinski definition) is 1. The van der Waals surface area contributed by atoms with Crippen molar-refractivity contribution in [3.05, 3.63) is 40.3 Å². The molecule has 6 heteroatoms. The van der Waals surface area contributed by atoms with Gasteiger partial charge in [-0.3, -0.25) is 4.79 Å². The van der Waals surface area contributed by atoms with E-state index in [-0.39, 0.29) is 18.4 Å². The third-order valence-corrected chi connectivity index (χ3v) is 3.01. The molecule has 1 saturated heterocycles. The minimum atomic E-state index is -0.0436. The smallest absolute Gasteiger partial charge is 0.227 e. The molecule has 0 aliphatic carbocycles. The summed E-state index contributed by atoms with van der Waals surface area (Å²) in [6.07, 6.45) is 0.405. The SMILES string of the molecule is [N-]=[N+]=NCC1CC(=O)N(c2cccc(CO)c2)C1. The van der Waals surface area contributed by atoms with Crippen molar-refractivity contribution < 1.29 is 9.90 Å². The molecule has 1 N–H and O–H groups in total. The van der Waals surface area contributed by atoms with Crippen LogP contribution >= 0.6 is 0 Å². The van der Waals surface area contributed by atoms with E-state index < -0.39 is 0 Å². The molecule has 0 radical (unpaired) electrons. The molecule has 1 amide bonds. The predicted octanol–water partition coefficient (Wildman–Crippen LogP) is 1.84. The van der Waals surface area contributed by atoms with Gasteiger partial charge in [-0.2, -0.15) is 0 Å². The third-order valence-electron chi connectivity index (χ3n) is 3.01. The molecule has 0 spiro atoms. The Balaban J connectivity index is 2.13.